The summed E-state index contributed by atoms with van der Waals surface area (Å²) >= 11 is 0. The van der Waals surface area contributed by atoms with Gasteiger partial charge in [-0.3, -0.25) is 4.18 Å². The lowest BCUT2D eigenvalue weighted by Crippen LogP contribution is -2.29. The van der Waals surface area contributed by atoms with Crippen LogP contribution < -0.4 is 0 Å². The zero-order valence-corrected chi connectivity index (χ0v) is 17.6. The summed E-state index contributed by atoms with van der Waals surface area (Å²) in [4.78, 5) is 0.211. The van der Waals surface area contributed by atoms with Gasteiger partial charge in [0.2, 0.25) is 0 Å². The summed E-state index contributed by atoms with van der Waals surface area (Å²) in [6, 6.07) is 6.74. The van der Waals surface area contributed by atoms with Gasteiger partial charge in [-0.25, -0.2) is 0 Å². The second kappa shape index (κ2) is 7.68. The molecular formula is C18H30O4SSi. The highest BCUT2D eigenvalue weighted by molar-refractivity contribution is 7.86. The minimum absolute atomic E-state index is 0.0818. The van der Waals surface area contributed by atoms with Crippen LogP contribution in [0.3, 0.4) is 0 Å². The fourth-order valence-electron chi connectivity index (χ4n) is 2.24. The van der Waals surface area contributed by atoms with Crippen LogP contribution in [0, 0.1) is 18.3 Å². The van der Waals surface area contributed by atoms with Crippen molar-refractivity contribution >= 4 is 19.9 Å². The molecule has 0 N–H and O–H groups in total. The summed E-state index contributed by atoms with van der Waals surface area (Å²) in [5.74, 6) is 0.456. The van der Waals surface area contributed by atoms with Crippen molar-refractivity contribution in [3.05, 3.63) is 29.8 Å². The molecule has 1 unspecified atom stereocenters. The fraction of sp³-hybridized carbons (Fsp3) is 0.667. The van der Waals surface area contributed by atoms with Gasteiger partial charge in [-0.05, 0) is 48.8 Å². The Morgan fingerprint density at radius 3 is 2.29 bits per heavy atom. The van der Waals surface area contributed by atoms with Crippen LogP contribution in [0.1, 0.15) is 46.1 Å². The first kappa shape index (κ1) is 19.6. The Hall–Kier alpha value is -0.693. The summed E-state index contributed by atoms with van der Waals surface area (Å²) in [6.45, 7) is 10.9. The van der Waals surface area contributed by atoms with Crippen LogP contribution in [0.15, 0.2) is 29.2 Å². The Morgan fingerprint density at radius 2 is 1.79 bits per heavy atom. The molecule has 2 rings (SSSR count). The monoisotopic (exact) mass is 370 g/mol. The van der Waals surface area contributed by atoms with E-state index in [0.717, 1.165) is 18.4 Å². The normalized spacial score (nSPS) is 18.9. The summed E-state index contributed by atoms with van der Waals surface area (Å²) in [7, 11) is -4.44. The summed E-state index contributed by atoms with van der Waals surface area (Å²) < 4.78 is 36.1. The van der Waals surface area contributed by atoms with E-state index in [4.69, 9.17) is 8.61 Å². The third-order valence-electron chi connectivity index (χ3n) is 4.88. The fourth-order valence-corrected chi connectivity index (χ4v) is 4.56. The largest absolute Gasteiger partial charge is 0.418 e. The lowest BCUT2D eigenvalue weighted by Gasteiger charge is -2.28. The molecule has 1 fully saturated rings. The molecular weight excluding hydrogens is 340 g/mol. The second-order valence-corrected chi connectivity index (χ2v) is 11.5. The van der Waals surface area contributed by atoms with Crippen LogP contribution >= 0.6 is 0 Å². The molecule has 0 amide bonds. The van der Waals surface area contributed by atoms with Crippen LogP contribution in [0.4, 0.5) is 0 Å². The third kappa shape index (κ3) is 5.69. The van der Waals surface area contributed by atoms with Gasteiger partial charge >= 0.3 is 0 Å². The van der Waals surface area contributed by atoms with E-state index in [-0.39, 0.29) is 23.0 Å². The number of benzene rings is 1. The first-order valence-electron chi connectivity index (χ1n) is 8.67. The number of aryl methyl sites for hydroxylation is 1. The molecule has 24 heavy (non-hydrogen) atoms. The molecule has 136 valence electrons. The molecule has 1 aromatic rings. The average Bonchev–Trinajstić information content (AvgIpc) is 3.31. The van der Waals surface area contributed by atoms with Crippen molar-refractivity contribution in [1.29, 1.82) is 0 Å². The Kier molecular flexibility index (Phi) is 6.28. The Labute approximate surface area is 149 Å². The van der Waals surface area contributed by atoms with Crippen molar-refractivity contribution in [3.8, 4) is 0 Å². The summed E-state index contributed by atoms with van der Waals surface area (Å²) in [5.41, 5.74) is 1.79. The number of hydrogen-bond acceptors (Lipinski definition) is 4. The van der Waals surface area contributed by atoms with Crippen LogP contribution in [0.2, 0.25) is 5.54 Å². The van der Waals surface area contributed by atoms with E-state index in [1.165, 1.54) is 0 Å². The zero-order valence-electron chi connectivity index (χ0n) is 15.4. The first-order chi connectivity index (χ1) is 11.1. The highest BCUT2D eigenvalue weighted by atomic mass is 32.2. The van der Waals surface area contributed by atoms with Crippen LogP contribution in [0.5, 0.6) is 0 Å². The van der Waals surface area contributed by atoms with Crippen LogP contribution in [-0.4, -0.2) is 30.9 Å². The molecule has 0 spiro atoms. The lowest BCUT2D eigenvalue weighted by molar-refractivity contribution is 0.113. The average molecular weight is 371 g/mol. The maximum Gasteiger partial charge on any atom is 0.297 e. The Morgan fingerprint density at radius 1 is 1.21 bits per heavy atom. The number of rotatable bonds is 8. The minimum Gasteiger partial charge on any atom is -0.418 e. The number of hydrogen-bond donors (Lipinski definition) is 0. The molecule has 4 nitrogen and oxygen atoms in total. The Balaban J connectivity index is 1.92. The predicted octanol–water partition coefficient (Wildman–Crippen LogP) is 3.43. The molecule has 0 radical (unpaired) electrons. The van der Waals surface area contributed by atoms with Gasteiger partial charge in [-0.15, -0.1) is 0 Å². The molecule has 1 aliphatic carbocycles. The maximum atomic E-state index is 12.3. The van der Waals surface area contributed by atoms with E-state index in [9.17, 15) is 8.42 Å². The molecule has 0 aromatic heterocycles. The maximum absolute atomic E-state index is 12.3. The van der Waals surface area contributed by atoms with E-state index in [2.05, 4.69) is 27.7 Å². The van der Waals surface area contributed by atoms with Crippen LogP contribution in [0.25, 0.3) is 0 Å². The van der Waals surface area contributed by atoms with Crippen molar-refractivity contribution in [2.75, 3.05) is 6.61 Å². The molecule has 0 aliphatic heterocycles. The predicted molar refractivity (Wildman–Crippen MR) is 99.3 cm³/mol. The SMILES string of the molecule is Cc1ccc(S(=O)(=O)OC[C@@H](O[SiH2]C(C)C(C)(C)C)C2CC2)cc1. The first-order valence-corrected chi connectivity index (χ1v) is 11.5. The molecule has 0 heterocycles. The smallest absolute Gasteiger partial charge is 0.297 e. The van der Waals surface area contributed by atoms with E-state index in [1.54, 1.807) is 24.3 Å². The van der Waals surface area contributed by atoms with E-state index >= 15 is 0 Å². The van der Waals surface area contributed by atoms with Crippen molar-refractivity contribution < 1.29 is 17.0 Å². The third-order valence-corrected chi connectivity index (χ3v) is 8.52. The van der Waals surface area contributed by atoms with Gasteiger partial charge < -0.3 is 4.43 Å². The highest BCUT2D eigenvalue weighted by Crippen LogP contribution is 2.36. The van der Waals surface area contributed by atoms with Gasteiger partial charge in [0.15, 0.2) is 9.76 Å². The topological polar surface area (TPSA) is 52.6 Å². The Bertz CT molecular complexity index is 630. The van der Waals surface area contributed by atoms with E-state index in [0.29, 0.717) is 11.5 Å². The van der Waals surface area contributed by atoms with Crippen LogP contribution in [-0.2, 0) is 18.7 Å². The van der Waals surface area contributed by atoms with Crippen molar-refractivity contribution in [3.63, 3.8) is 0 Å². The molecule has 6 heteroatoms. The second-order valence-electron chi connectivity index (χ2n) is 8.03. The summed E-state index contributed by atoms with van der Waals surface area (Å²) in [5, 5.41) is 0. The van der Waals surface area contributed by atoms with Gasteiger partial charge in [-0.2, -0.15) is 8.42 Å². The molecule has 1 aromatic carbocycles. The molecule has 0 bridgehead atoms. The molecule has 1 saturated carbocycles. The van der Waals surface area contributed by atoms with Crippen molar-refractivity contribution in [1.82, 2.24) is 0 Å². The summed E-state index contributed by atoms with van der Waals surface area (Å²) in [6.07, 6.45) is 2.13. The highest BCUT2D eigenvalue weighted by Gasteiger charge is 2.34. The van der Waals surface area contributed by atoms with Gasteiger partial charge in [0.25, 0.3) is 10.1 Å². The van der Waals surface area contributed by atoms with Gasteiger partial charge in [0.05, 0.1) is 17.6 Å². The van der Waals surface area contributed by atoms with Gasteiger partial charge in [-0.1, -0.05) is 45.4 Å². The molecule has 2 atom stereocenters. The molecule has 0 saturated heterocycles. The lowest BCUT2D eigenvalue weighted by atomic mass is 9.93. The van der Waals surface area contributed by atoms with E-state index in [1.807, 2.05) is 6.92 Å². The van der Waals surface area contributed by atoms with Gasteiger partial charge in [0, 0.05) is 0 Å². The van der Waals surface area contributed by atoms with E-state index < -0.39 is 19.9 Å². The van der Waals surface area contributed by atoms with Gasteiger partial charge in [0.1, 0.15) is 0 Å². The minimum atomic E-state index is -3.71. The standard InChI is InChI=1S/C18H30O4SSi/c1-13-6-10-16(11-7-13)23(19,20)21-12-17(15-8-9-15)22-24-14(2)18(3,4)5/h6-7,10-11,14-15,17H,8-9,12,24H2,1-5H3/t14?,17-/m1/s1. The zero-order chi connectivity index (χ0) is 18.0. The quantitative estimate of drug-likeness (QED) is 0.520. The van der Waals surface area contributed by atoms with Crippen molar-refractivity contribution in [2.45, 2.75) is 64.0 Å². The van der Waals surface area contributed by atoms with Crippen molar-refractivity contribution in [2.24, 2.45) is 11.3 Å². The molecule has 1 aliphatic rings.